The molecule has 0 radical (unpaired) electrons. The lowest BCUT2D eigenvalue weighted by atomic mass is 10.1. The average Bonchev–Trinajstić information content (AvgIpc) is 2.47. The number of carbonyl (C=O) groups is 1. The van der Waals surface area contributed by atoms with Crippen molar-refractivity contribution < 1.29 is 13.2 Å². The van der Waals surface area contributed by atoms with E-state index in [0.717, 1.165) is 12.8 Å². The third-order valence-corrected chi connectivity index (χ3v) is 5.77. The summed E-state index contributed by atoms with van der Waals surface area (Å²) in [5, 5.41) is 3.12. The highest BCUT2D eigenvalue weighted by atomic mass is 32.2. The lowest BCUT2D eigenvalue weighted by Gasteiger charge is -2.31. The molecule has 6 nitrogen and oxygen atoms in total. The number of nitrogens with two attached hydrogens (primary N) is 1. The second-order valence-electron chi connectivity index (χ2n) is 5.33. The average molecular weight is 311 g/mol. The van der Waals surface area contributed by atoms with Crippen LogP contribution in [-0.4, -0.2) is 44.8 Å². The Morgan fingerprint density at radius 2 is 2.14 bits per heavy atom. The van der Waals surface area contributed by atoms with Gasteiger partial charge in [-0.15, -0.1) is 0 Å². The molecule has 0 bridgehead atoms. The summed E-state index contributed by atoms with van der Waals surface area (Å²) in [6, 6.07) is 4.68. The minimum atomic E-state index is -3.59. The van der Waals surface area contributed by atoms with E-state index in [9.17, 15) is 13.2 Å². The van der Waals surface area contributed by atoms with Gasteiger partial charge in [-0.3, -0.25) is 4.79 Å². The van der Waals surface area contributed by atoms with Crippen molar-refractivity contribution in [3.63, 3.8) is 0 Å². The Bertz CT molecular complexity index is 643. The van der Waals surface area contributed by atoms with Crippen molar-refractivity contribution in [3.05, 3.63) is 29.3 Å². The number of piperidine rings is 1. The molecule has 1 aromatic carbocycles. The molecule has 1 atom stereocenters. The van der Waals surface area contributed by atoms with Crippen LogP contribution in [0, 0.1) is 6.92 Å². The number of likely N-dealkylation sites (N-methyl/N-ethyl adjacent to an activating group) is 1. The maximum absolute atomic E-state index is 12.7. The molecule has 1 saturated heterocycles. The summed E-state index contributed by atoms with van der Waals surface area (Å²) in [4.78, 5) is 11.5. The van der Waals surface area contributed by atoms with Crippen LogP contribution in [0.5, 0.6) is 0 Å². The van der Waals surface area contributed by atoms with E-state index in [4.69, 9.17) is 5.73 Å². The lowest BCUT2D eigenvalue weighted by Crippen LogP contribution is -2.46. The molecule has 0 saturated carbocycles. The van der Waals surface area contributed by atoms with E-state index in [1.54, 1.807) is 13.0 Å². The maximum atomic E-state index is 12.7. The van der Waals surface area contributed by atoms with E-state index < -0.39 is 15.9 Å². The molecule has 2 rings (SSSR count). The van der Waals surface area contributed by atoms with E-state index in [1.165, 1.54) is 16.4 Å². The first-order valence-corrected chi connectivity index (χ1v) is 8.38. The van der Waals surface area contributed by atoms with Crippen LogP contribution in [0.2, 0.25) is 0 Å². The van der Waals surface area contributed by atoms with Gasteiger partial charge in [0.25, 0.3) is 0 Å². The Morgan fingerprint density at radius 1 is 1.43 bits per heavy atom. The summed E-state index contributed by atoms with van der Waals surface area (Å²) >= 11 is 0. The molecule has 1 fully saturated rings. The van der Waals surface area contributed by atoms with Gasteiger partial charge in [0.15, 0.2) is 0 Å². The molecule has 1 amide bonds. The zero-order chi connectivity index (χ0) is 15.6. The predicted octanol–water partition coefficient (Wildman–Crippen LogP) is 0.466. The summed E-state index contributed by atoms with van der Waals surface area (Å²) in [6.07, 6.45) is 1.78. The first-order chi connectivity index (χ1) is 9.86. The van der Waals surface area contributed by atoms with Crippen LogP contribution < -0.4 is 11.1 Å². The smallest absolute Gasteiger partial charge is 0.249 e. The summed E-state index contributed by atoms with van der Waals surface area (Å²) in [5.74, 6) is -0.615. The minimum absolute atomic E-state index is 0.124. The SMILES string of the molecule is CNC1CCCN(S(=O)(=O)c2ccc(C)c(C(N)=O)c2)C1. The fraction of sp³-hybridized carbons (Fsp3) is 0.500. The molecule has 1 aliphatic heterocycles. The number of carbonyl (C=O) groups excluding carboxylic acids is 1. The van der Waals surface area contributed by atoms with Crippen molar-refractivity contribution >= 4 is 15.9 Å². The molecule has 1 heterocycles. The number of primary amides is 1. The first kappa shape index (κ1) is 15.9. The fourth-order valence-corrected chi connectivity index (χ4v) is 4.12. The van der Waals surface area contributed by atoms with E-state index in [-0.39, 0.29) is 16.5 Å². The fourth-order valence-electron chi connectivity index (χ4n) is 2.57. The summed E-state index contributed by atoms with van der Waals surface area (Å²) in [7, 11) is -1.76. The number of nitrogens with one attached hydrogen (secondary N) is 1. The Morgan fingerprint density at radius 3 is 2.76 bits per heavy atom. The standard InChI is InChI=1S/C14H21N3O3S/c1-10-5-6-12(8-13(10)14(15)18)21(19,20)17-7-3-4-11(9-17)16-2/h5-6,8,11,16H,3-4,7,9H2,1-2H3,(H2,15,18). The van der Waals surface area contributed by atoms with Gasteiger partial charge in [-0.2, -0.15) is 4.31 Å². The van der Waals surface area contributed by atoms with Gasteiger partial charge < -0.3 is 11.1 Å². The van der Waals surface area contributed by atoms with Crippen molar-refractivity contribution in [1.29, 1.82) is 0 Å². The van der Waals surface area contributed by atoms with Gasteiger partial charge in [0.1, 0.15) is 0 Å². The maximum Gasteiger partial charge on any atom is 0.249 e. The number of hydrogen-bond acceptors (Lipinski definition) is 4. The predicted molar refractivity (Wildman–Crippen MR) is 80.5 cm³/mol. The third kappa shape index (κ3) is 3.25. The second kappa shape index (κ2) is 6.13. The summed E-state index contributed by atoms with van der Waals surface area (Å²) in [6.45, 7) is 2.67. The second-order valence-corrected chi connectivity index (χ2v) is 7.27. The van der Waals surface area contributed by atoms with Crippen molar-refractivity contribution in [1.82, 2.24) is 9.62 Å². The van der Waals surface area contributed by atoms with Crippen LogP contribution in [0.1, 0.15) is 28.8 Å². The van der Waals surface area contributed by atoms with Gasteiger partial charge in [0.2, 0.25) is 15.9 Å². The van der Waals surface area contributed by atoms with Crippen molar-refractivity contribution in [2.24, 2.45) is 5.73 Å². The van der Waals surface area contributed by atoms with E-state index >= 15 is 0 Å². The normalized spacial score (nSPS) is 20.4. The number of amides is 1. The van der Waals surface area contributed by atoms with Gasteiger partial charge in [0.05, 0.1) is 4.90 Å². The summed E-state index contributed by atoms with van der Waals surface area (Å²) in [5.41, 5.74) is 6.21. The lowest BCUT2D eigenvalue weighted by molar-refractivity contribution is 0.0999. The van der Waals surface area contributed by atoms with Crippen molar-refractivity contribution in [2.45, 2.75) is 30.7 Å². The van der Waals surface area contributed by atoms with Crippen LogP contribution in [0.3, 0.4) is 0 Å². The topological polar surface area (TPSA) is 92.5 Å². The molecule has 7 heteroatoms. The highest BCUT2D eigenvalue weighted by Gasteiger charge is 2.30. The van der Waals surface area contributed by atoms with Crippen LogP contribution in [0.15, 0.2) is 23.1 Å². The Hall–Kier alpha value is -1.44. The van der Waals surface area contributed by atoms with E-state index in [1.807, 2.05) is 7.05 Å². The Labute approximate surface area is 125 Å². The van der Waals surface area contributed by atoms with Crippen LogP contribution in [-0.2, 0) is 10.0 Å². The third-order valence-electron chi connectivity index (χ3n) is 3.90. The van der Waals surface area contributed by atoms with E-state index in [0.29, 0.717) is 18.7 Å². The highest BCUT2D eigenvalue weighted by molar-refractivity contribution is 7.89. The molecule has 1 aromatic rings. The van der Waals surface area contributed by atoms with Crippen molar-refractivity contribution in [3.8, 4) is 0 Å². The van der Waals surface area contributed by atoms with Crippen molar-refractivity contribution in [2.75, 3.05) is 20.1 Å². The molecule has 116 valence electrons. The van der Waals surface area contributed by atoms with Gasteiger partial charge in [-0.05, 0) is 44.5 Å². The number of aryl methyl sites for hydroxylation is 1. The van der Waals surface area contributed by atoms with Gasteiger partial charge in [-0.1, -0.05) is 6.07 Å². The first-order valence-electron chi connectivity index (χ1n) is 6.94. The number of sulfonamides is 1. The molecule has 21 heavy (non-hydrogen) atoms. The molecule has 0 aliphatic carbocycles. The molecule has 1 aliphatic rings. The van der Waals surface area contributed by atoms with E-state index in [2.05, 4.69) is 5.32 Å². The van der Waals surface area contributed by atoms with Crippen LogP contribution in [0.25, 0.3) is 0 Å². The molecule has 3 N–H and O–H groups in total. The van der Waals surface area contributed by atoms with Crippen LogP contribution >= 0.6 is 0 Å². The quantitative estimate of drug-likeness (QED) is 0.845. The number of rotatable bonds is 4. The number of hydrogen-bond donors (Lipinski definition) is 2. The Kier molecular flexibility index (Phi) is 4.65. The zero-order valence-electron chi connectivity index (χ0n) is 12.3. The van der Waals surface area contributed by atoms with Crippen LogP contribution in [0.4, 0.5) is 0 Å². The monoisotopic (exact) mass is 311 g/mol. The minimum Gasteiger partial charge on any atom is -0.366 e. The molecule has 0 aromatic heterocycles. The van der Waals surface area contributed by atoms with Gasteiger partial charge in [-0.25, -0.2) is 8.42 Å². The molecular formula is C14H21N3O3S. The zero-order valence-corrected chi connectivity index (χ0v) is 13.1. The van der Waals surface area contributed by atoms with Gasteiger partial charge >= 0.3 is 0 Å². The number of benzene rings is 1. The summed E-state index contributed by atoms with van der Waals surface area (Å²) < 4.78 is 26.8. The molecule has 0 spiro atoms. The molecule has 1 unspecified atom stereocenters. The Balaban J connectivity index is 2.35. The largest absolute Gasteiger partial charge is 0.366 e. The number of nitrogens with zero attached hydrogens (tertiary/aromatic N) is 1. The molecular weight excluding hydrogens is 290 g/mol. The highest BCUT2D eigenvalue weighted by Crippen LogP contribution is 2.22. The van der Waals surface area contributed by atoms with Gasteiger partial charge in [0, 0.05) is 24.7 Å².